The summed E-state index contributed by atoms with van der Waals surface area (Å²) in [5, 5.41) is 0. The summed E-state index contributed by atoms with van der Waals surface area (Å²) in [6.45, 7) is 6.24. The van der Waals surface area contributed by atoms with Crippen molar-refractivity contribution >= 4 is 33.1 Å². The van der Waals surface area contributed by atoms with Crippen LogP contribution in [0.2, 0.25) is 0 Å². The first-order valence-corrected chi connectivity index (χ1v) is 17.4. The van der Waals surface area contributed by atoms with Gasteiger partial charge in [-0.3, -0.25) is 4.79 Å². The Bertz CT molecular complexity index is 2070. The first kappa shape index (κ1) is 30.8. The van der Waals surface area contributed by atoms with Crippen LogP contribution in [0.15, 0.2) is 70.1 Å². The van der Waals surface area contributed by atoms with E-state index < -0.39 is 10.0 Å². The molecule has 2 aromatic carbocycles. The Labute approximate surface area is 273 Å². The van der Waals surface area contributed by atoms with Gasteiger partial charge in [-0.05, 0) is 55.5 Å². The standard InChI is InChI=1S/C35H36N6O5S/c1-4-27-16-30-33(46-27)36-18-25(37-30)19-41-26(14-23-10-6-11-23)20-45-31-17-29(32-21(2)8-5-9-22(32)3)38-35(39-31)40-47(43,44)28-13-7-12-24(15-28)34(41)42/h5,7-9,12-13,15-18,23,26H,4,6,10-11,14,19-20H2,1-3H3,(H,38,39,40). The molecule has 242 valence electrons. The number of furan rings is 1. The molecule has 5 aromatic rings. The molecule has 11 nitrogen and oxygen atoms in total. The Morgan fingerprint density at radius 3 is 2.53 bits per heavy atom. The Morgan fingerprint density at radius 1 is 1.00 bits per heavy atom. The summed E-state index contributed by atoms with van der Waals surface area (Å²) in [6.07, 6.45) is 6.35. The van der Waals surface area contributed by atoms with Gasteiger partial charge in [0.05, 0.1) is 35.1 Å². The zero-order valence-electron chi connectivity index (χ0n) is 26.6. The molecule has 1 amide bonds. The number of carbonyl (C=O) groups excluding carboxylic acids is 1. The first-order chi connectivity index (χ1) is 22.7. The van der Waals surface area contributed by atoms with E-state index in [4.69, 9.17) is 14.1 Å². The van der Waals surface area contributed by atoms with Crippen LogP contribution in [0.5, 0.6) is 5.88 Å². The van der Waals surface area contributed by atoms with E-state index >= 15 is 0 Å². The average molecular weight is 653 g/mol. The van der Waals surface area contributed by atoms with Crippen LogP contribution in [0.3, 0.4) is 0 Å². The molecule has 4 heterocycles. The van der Waals surface area contributed by atoms with Crippen molar-refractivity contribution in [3.63, 3.8) is 0 Å². The number of ether oxygens (including phenoxy) is 1. The van der Waals surface area contributed by atoms with E-state index in [0.717, 1.165) is 41.7 Å². The lowest BCUT2D eigenvalue weighted by Gasteiger charge is -2.36. The van der Waals surface area contributed by atoms with Crippen molar-refractivity contribution in [2.45, 2.75) is 70.4 Å². The Kier molecular flexibility index (Phi) is 8.13. The van der Waals surface area contributed by atoms with Crippen molar-refractivity contribution in [2.75, 3.05) is 11.3 Å². The molecule has 0 radical (unpaired) electrons. The molecule has 47 heavy (non-hydrogen) atoms. The maximum absolute atomic E-state index is 14.4. The number of anilines is 1. The quantitative estimate of drug-likeness (QED) is 0.225. The summed E-state index contributed by atoms with van der Waals surface area (Å²) >= 11 is 0. The van der Waals surface area contributed by atoms with Gasteiger partial charge in [0.2, 0.25) is 17.5 Å². The van der Waals surface area contributed by atoms with E-state index in [1.165, 1.54) is 12.1 Å². The minimum atomic E-state index is -4.16. The van der Waals surface area contributed by atoms with Gasteiger partial charge in [-0.15, -0.1) is 0 Å². The monoisotopic (exact) mass is 652 g/mol. The summed E-state index contributed by atoms with van der Waals surface area (Å²) in [5.74, 6) is 0.982. The van der Waals surface area contributed by atoms with Crippen LogP contribution in [0.4, 0.5) is 5.95 Å². The summed E-state index contributed by atoms with van der Waals surface area (Å²) < 4.78 is 42.0. The number of fused-ring (bicyclic) bond motifs is 5. The van der Waals surface area contributed by atoms with E-state index in [1.807, 2.05) is 45.0 Å². The number of hydrogen-bond acceptors (Lipinski definition) is 9. The minimum absolute atomic E-state index is 0.0756. The molecular weight excluding hydrogens is 616 g/mol. The number of carbonyl (C=O) groups is 1. The van der Waals surface area contributed by atoms with E-state index in [9.17, 15) is 13.2 Å². The third kappa shape index (κ3) is 6.29. The fourth-order valence-electron chi connectivity index (χ4n) is 6.31. The lowest BCUT2D eigenvalue weighted by Crippen LogP contribution is -2.45. The average Bonchev–Trinajstić information content (AvgIpc) is 3.45. The van der Waals surface area contributed by atoms with Gasteiger partial charge in [0.25, 0.3) is 15.9 Å². The van der Waals surface area contributed by atoms with Crippen molar-refractivity contribution in [3.05, 3.63) is 88.9 Å². The second-order valence-electron chi connectivity index (χ2n) is 12.4. The number of hydrogen-bond donors (Lipinski definition) is 1. The fourth-order valence-corrected chi connectivity index (χ4v) is 7.30. The highest BCUT2D eigenvalue weighted by Gasteiger charge is 2.32. The second kappa shape index (κ2) is 12.4. The second-order valence-corrected chi connectivity index (χ2v) is 14.0. The fraction of sp³-hybridized carbons (Fsp3) is 0.343. The molecule has 4 bridgehead atoms. The topological polar surface area (TPSA) is 140 Å². The van der Waals surface area contributed by atoms with E-state index in [2.05, 4.69) is 19.7 Å². The molecular formula is C35H36N6O5S. The highest BCUT2D eigenvalue weighted by Crippen LogP contribution is 2.34. The minimum Gasteiger partial charge on any atom is -0.475 e. The van der Waals surface area contributed by atoms with Crippen LogP contribution in [0.1, 0.15) is 65.5 Å². The van der Waals surface area contributed by atoms with Gasteiger partial charge in [0.1, 0.15) is 17.9 Å². The van der Waals surface area contributed by atoms with Gasteiger partial charge < -0.3 is 14.1 Å². The number of aromatic nitrogens is 4. The maximum atomic E-state index is 14.4. The van der Waals surface area contributed by atoms with E-state index in [1.54, 1.807) is 29.3 Å². The predicted molar refractivity (Wildman–Crippen MR) is 176 cm³/mol. The Hall–Kier alpha value is -4.84. The third-order valence-corrected chi connectivity index (χ3v) is 10.4. The SMILES string of the molecule is CCc1cc2nc(CN3C(=O)c4cccc(c4)S(=O)(=O)Nc4nc(cc(-c5c(C)cccc5C)n4)OCC3CC3CCC3)cnc2o1. The molecule has 1 aliphatic heterocycles. The molecule has 1 fully saturated rings. The molecule has 0 spiro atoms. The van der Waals surface area contributed by atoms with Gasteiger partial charge >= 0.3 is 0 Å². The number of sulfonamides is 1. The summed E-state index contributed by atoms with van der Waals surface area (Å²) in [7, 11) is -4.16. The summed E-state index contributed by atoms with van der Waals surface area (Å²) in [6, 6.07) is 15.2. The van der Waals surface area contributed by atoms with Crippen LogP contribution >= 0.6 is 0 Å². The van der Waals surface area contributed by atoms with Crippen LogP contribution in [0.25, 0.3) is 22.5 Å². The number of rotatable bonds is 6. The molecule has 7 rings (SSSR count). The molecule has 2 aliphatic rings. The van der Waals surface area contributed by atoms with Gasteiger partial charge in [-0.2, -0.15) is 4.98 Å². The molecule has 1 saturated carbocycles. The lowest BCUT2D eigenvalue weighted by atomic mass is 9.80. The normalized spacial score (nSPS) is 18.0. The molecule has 1 aliphatic carbocycles. The van der Waals surface area contributed by atoms with Gasteiger partial charge in [-0.25, -0.2) is 28.1 Å². The zero-order chi connectivity index (χ0) is 32.7. The molecule has 0 saturated heterocycles. The number of aryl methyl sites for hydroxylation is 3. The van der Waals surface area contributed by atoms with Crippen LogP contribution in [-0.2, 0) is 23.0 Å². The van der Waals surface area contributed by atoms with Crippen molar-refractivity contribution in [1.82, 2.24) is 24.8 Å². The largest absolute Gasteiger partial charge is 0.475 e. The highest BCUT2D eigenvalue weighted by atomic mass is 32.2. The number of amides is 1. The van der Waals surface area contributed by atoms with Gasteiger partial charge in [0, 0.05) is 29.7 Å². The molecule has 3 aromatic heterocycles. The van der Waals surface area contributed by atoms with Crippen LogP contribution < -0.4 is 9.46 Å². The third-order valence-electron chi connectivity index (χ3n) is 9.03. The van der Waals surface area contributed by atoms with Gasteiger partial charge in [-0.1, -0.05) is 50.5 Å². The summed E-state index contributed by atoms with van der Waals surface area (Å²) in [4.78, 5) is 34.4. The molecule has 1 atom stereocenters. The summed E-state index contributed by atoms with van der Waals surface area (Å²) in [5.41, 5.74) is 5.26. The van der Waals surface area contributed by atoms with E-state index in [-0.39, 0.29) is 47.4 Å². The van der Waals surface area contributed by atoms with Crippen molar-refractivity contribution in [2.24, 2.45) is 5.92 Å². The lowest BCUT2D eigenvalue weighted by molar-refractivity contribution is 0.0508. The number of nitrogens with one attached hydrogen (secondary N) is 1. The number of nitrogens with zero attached hydrogens (tertiary/aromatic N) is 5. The Morgan fingerprint density at radius 2 is 1.79 bits per heavy atom. The Balaban J connectivity index is 1.34. The predicted octanol–water partition coefficient (Wildman–Crippen LogP) is 6.25. The molecule has 1 N–H and O–H groups in total. The van der Waals surface area contributed by atoms with Crippen molar-refractivity contribution in [3.8, 4) is 17.1 Å². The maximum Gasteiger partial charge on any atom is 0.264 e. The van der Waals surface area contributed by atoms with E-state index in [0.29, 0.717) is 41.4 Å². The number of benzene rings is 2. The molecule has 12 heteroatoms. The smallest absolute Gasteiger partial charge is 0.264 e. The van der Waals surface area contributed by atoms with Gasteiger partial charge in [0.15, 0.2) is 0 Å². The highest BCUT2D eigenvalue weighted by molar-refractivity contribution is 7.92. The first-order valence-electron chi connectivity index (χ1n) is 15.9. The van der Waals surface area contributed by atoms with Crippen LogP contribution in [-0.4, -0.2) is 51.8 Å². The van der Waals surface area contributed by atoms with Crippen molar-refractivity contribution < 1.29 is 22.4 Å². The van der Waals surface area contributed by atoms with Crippen LogP contribution in [0, 0.1) is 19.8 Å². The zero-order valence-corrected chi connectivity index (χ0v) is 27.4. The van der Waals surface area contributed by atoms with Crippen molar-refractivity contribution in [1.29, 1.82) is 0 Å². The molecule has 1 unspecified atom stereocenters.